The van der Waals surface area contributed by atoms with Gasteiger partial charge in [-0.2, -0.15) is 0 Å². The molecule has 4 rings (SSSR count). The van der Waals surface area contributed by atoms with E-state index in [4.69, 9.17) is 27.6 Å². The van der Waals surface area contributed by atoms with Crippen molar-refractivity contribution in [3.05, 3.63) is 50.3 Å². The van der Waals surface area contributed by atoms with Crippen LogP contribution in [0.4, 0.5) is 5.69 Å². The summed E-state index contributed by atoms with van der Waals surface area (Å²) in [7, 11) is 1.51. The lowest BCUT2D eigenvalue weighted by molar-refractivity contribution is -0.186. The average molecular weight is 573 g/mol. The van der Waals surface area contributed by atoms with E-state index in [-0.39, 0.29) is 0 Å². The lowest BCUT2D eigenvalue weighted by Gasteiger charge is -2.43. The van der Waals surface area contributed by atoms with Gasteiger partial charge >= 0.3 is 0 Å². The van der Waals surface area contributed by atoms with E-state index in [1.807, 2.05) is 13.0 Å². The number of thiazole rings is 1. The van der Waals surface area contributed by atoms with Crippen LogP contribution in [0.15, 0.2) is 33.8 Å². The quantitative estimate of drug-likeness (QED) is 0.425. The molecule has 2 unspecified atom stereocenters. The normalized spacial score (nSPS) is 25.2. The maximum Gasteiger partial charge on any atom is 0.200 e. The van der Waals surface area contributed by atoms with Crippen molar-refractivity contribution < 1.29 is 19.7 Å². The molecule has 1 saturated heterocycles. The summed E-state index contributed by atoms with van der Waals surface area (Å²) in [6.45, 7) is 8.87. The molecule has 13 heteroatoms. The number of hydrogen-bond acceptors (Lipinski definition) is 9. The van der Waals surface area contributed by atoms with Crippen LogP contribution in [0.2, 0.25) is 4.34 Å². The van der Waals surface area contributed by atoms with Crippen LogP contribution in [0.1, 0.15) is 11.7 Å². The minimum atomic E-state index is -1.11. The topological polar surface area (TPSA) is 107 Å². The molecule has 0 aliphatic carbocycles. The highest BCUT2D eigenvalue weighted by atomic mass is 79.9. The molecule has 5 atom stereocenters. The molecule has 1 aliphatic heterocycles. The fourth-order valence-corrected chi connectivity index (χ4v) is 6.32. The van der Waals surface area contributed by atoms with E-state index in [9.17, 15) is 10.2 Å². The van der Waals surface area contributed by atoms with Gasteiger partial charge in [-0.15, -0.1) is 16.9 Å². The number of aromatic nitrogens is 4. The number of thioether (sulfide) groups is 1. The smallest absolute Gasteiger partial charge is 0.200 e. The summed E-state index contributed by atoms with van der Waals surface area (Å²) in [6, 6.07) is 4.62. The average Bonchev–Trinajstić information content (AvgIpc) is 3.41. The van der Waals surface area contributed by atoms with Crippen molar-refractivity contribution in [3.63, 3.8) is 0 Å². The summed E-state index contributed by atoms with van der Waals surface area (Å²) in [6.07, 6.45) is -0.997. The third kappa shape index (κ3) is 4.96. The Bertz CT molecular complexity index is 1170. The highest BCUT2D eigenvalue weighted by Crippen LogP contribution is 2.43. The van der Waals surface area contributed by atoms with Crippen molar-refractivity contribution in [1.82, 2.24) is 20.0 Å². The molecule has 1 aliphatic rings. The van der Waals surface area contributed by atoms with Crippen LogP contribution >= 0.6 is 50.6 Å². The van der Waals surface area contributed by atoms with Crippen molar-refractivity contribution in [2.45, 2.75) is 41.6 Å². The van der Waals surface area contributed by atoms with Gasteiger partial charge in [0.2, 0.25) is 5.69 Å². The van der Waals surface area contributed by atoms with Gasteiger partial charge in [-0.3, -0.25) is 0 Å². The third-order valence-corrected chi connectivity index (χ3v) is 8.32. The summed E-state index contributed by atoms with van der Waals surface area (Å²) in [5, 5.41) is 29.9. The zero-order chi connectivity index (χ0) is 23.7. The van der Waals surface area contributed by atoms with Crippen molar-refractivity contribution in [3.8, 4) is 10.7 Å². The van der Waals surface area contributed by atoms with Crippen LogP contribution in [-0.4, -0.2) is 67.7 Å². The van der Waals surface area contributed by atoms with Gasteiger partial charge in [-0.05, 0) is 13.0 Å². The molecular formula is C20H19BrClN5O4S2. The Morgan fingerprint density at radius 2 is 2.24 bits per heavy atom. The Morgan fingerprint density at radius 3 is 2.88 bits per heavy atom. The summed E-state index contributed by atoms with van der Waals surface area (Å²) >= 11 is 12.2. The number of rotatable bonds is 6. The molecule has 0 spiro atoms. The summed E-state index contributed by atoms with van der Waals surface area (Å²) in [5.41, 5.74) is 1.03. The molecule has 174 valence electrons. The predicted molar refractivity (Wildman–Crippen MR) is 129 cm³/mol. The number of aliphatic hydroxyl groups is 2. The number of methoxy groups -OCH3 is 1. The Morgan fingerprint density at radius 1 is 1.45 bits per heavy atom. The molecule has 33 heavy (non-hydrogen) atoms. The van der Waals surface area contributed by atoms with Gasteiger partial charge in [0.05, 0.1) is 25.1 Å². The van der Waals surface area contributed by atoms with Crippen LogP contribution in [-0.2, 0) is 9.47 Å². The predicted octanol–water partition coefficient (Wildman–Crippen LogP) is 4.10. The molecule has 9 nitrogen and oxygen atoms in total. The first-order valence-electron chi connectivity index (χ1n) is 9.72. The van der Waals surface area contributed by atoms with E-state index >= 15 is 0 Å². The first kappa shape index (κ1) is 24.6. The second-order valence-electron chi connectivity index (χ2n) is 7.21. The van der Waals surface area contributed by atoms with Crippen LogP contribution in [0.5, 0.6) is 0 Å². The fraction of sp³-hybridized carbons (Fsp3) is 0.400. The number of benzene rings is 1. The van der Waals surface area contributed by atoms with E-state index in [1.54, 1.807) is 18.3 Å². The standard InChI is InChI=1S/C20H19BrClN5O4S2/c1-9-18(22)33-19(24-9)12-7-27(26-25-12)15-16(29)13(8-28)31-20(17(15)30-3)32-14-6-10(21)4-5-11(14)23-2/h4-7,13,15-17,20,28-29H,8H2,1,3H3/t13?,15-,16-,17?,20+/m0/s1. The minimum absolute atomic E-state index is 0.401. The van der Waals surface area contributed by atoms with Gasteiger partial charge in [0, 0.05) is 16.5 Å². The first-order valence-corrected chi connectivity index (χ1v) is 12.6. The molecule has 1 fully saturated rings. The molecule has 3 heterocycles. The highest BCUT2D eigenvalue weighted by Gasteiger charge is 2.47. The number of nitrogens with zero attached hydrogens (tertiary/aromatic N) is 5. The molecule has 1 aromatic carbocycles. The summed E-state index contributed by atoms with van der Waals surface area (Å²) in [4.78, 5) is 8.66. The number of ether oxygens (including phenoxy) is 2. The van der Waals surface area contributed by atoms with Crippen molar-refractivity contribution in [2.24, 2.45) is 0 Å². The molecule has 2 N–H and O–H groups in total. The molecule has 0 bridgehead atoms. The monoisotopic (exact) mass is 571 g/mol. The second kappa shape index (κ2) is 10.4. The van der Waals surface area contributed by atoms with E-state index in [0.29, 0.717) is 31.3 Å². The maximum absolute atomic E-state index is 11.0. The third-order valence-electron chi connectivity index (χ3n) is 5.16. The van der Waals surface area contributed by atoms with Crippen LogP contribution < -0.4 is 0 Å². The Kier molecular flexibility index (Phi) is 7.72. The molecular weight excluding hydrogens is 554 g/mol. The van der Waals surface area contributed by atoms with E-state index < -0.39 is 36.4 Å². The SMILES string of the molecule is [C-]#[N+]c1ccc(Br)cc1S[C@H]1OC(CO)[C@H](O)[C@H](n2cc(-c3nc(C)c(Cl)s3)nn2)C1OC. The van der Waals surface area contributed by atoms with Crippen LogP contribution in [0.25, 0.3) is 15.5 Å². The van der Waals surface area contributed by atoms with Crippen LogP contribution in [0, 0.1) is 13.5 Å². The van der Waals surface area contributed by atoms with Crippen molar-refractivity contribution >= 4 is 56.3 Å². The number of aryl methyl sites for hydroxylation is 1. The zero-order valence-electron chi connectivity index (χ0n) is 17.4. The summed E-state index contributed by atoms with van der Waals surface area (Å²) in [5.74, 6) is 0. The lowest BCUT2D eigenvalue weighted by Crippen LogP contribution is -2.55. The molecule has 0 radical (unpaired) electrons. The van der Waals surface area contributed by atoms with Gasteiger partial charge in [0.15, 0.2) is 0 Å². The molecule has 0 saturated carbocycles. The van der Waals surface area contributed by atoms with Gasteiger partial charge in [0.25, 0.3) is 0 Å². The van der Waals surface area contributed by atoms with E-state index in [1.165, 1.54) is 34.9 Å². The fourth-order valence-electron chi connectivity index (χ4n) is 3.52. The zero-order valence-corrected chi connectivity index (χ0v) is 21.4. The molecule has 0 amide bonds. The van der Waals surface area contributed by atoms with Gasteiger partial charge in [-0.25, -0.2) is 14.5 Å². The second-order valence-corrected chi connectivity index (χ2v) is 10.9. The first-order chi connectivity index (χ1) is 15.9. The lowest BCUT2D eigenvalue weighted by atomic mass is 9.97. The minimum Gasteiger partial charge on any atom is -0.394 e. The molecule has 2 aromatic heterocycles. The van der Waals surface area contributed by atoms with Crippen molar-refractivity contribution in [1.29, 1.82) is 0 Å². The summed E-state index contributed by atoms with van der Waals surface area (Å²) < 4.78 is 14.6. The largest absolute Gasteiger partial charge is 0.394 e. The molecule has 3 aromatic rings. The van der Waals surface area contributed by atoms with Gasteiger partial charge < -0.3 is 19.7 Å². The van der Waals surface area contributed by atoms with Crippen LogP contribution in [0.3, 0.4) is 0 Å². The number of halogens is 2. The number of hydrogen-bond donors (Lipinski definition) is 2. The van der Waals surface area contributed by atoms with Gasteiger partial charge in [0.1, 0.15) is 44.8 Å². The van der Waals surface area contributed by atoms with Gasteiger partial charge in [-0.1, -0.05) is 56.2 Å². The highest BCUT2D eigenvalue weighted by molar-refractivity contribution is 9.10. The van der Waals surface area contributed by atoms with Crippen molar-refractivity contribution in [2.75, 3.05) is 13.7 Å². The van der Waals surface area contributed by atoms with E-state index in [0.717, 1.165) is 4.47 Å². The Hall–Kier alpha value is -1.56. The Balaban J connectivity index is 1.68. The number of aliphatic hydroxyl groups excluding tert-OH is 2. The maximum atomic E-state index is 11.0. The Labute approximate surface area is 211 Å². The van der Waals surface area contributed by atoms with E-state index in [2.05, 4.69) is 36.1 Å².